The van der Waals surface area contributed by atoms with Crippen LogP contribution in [0.25, 0.3) is 21.6 Å². The summed E-state index contributed by atoms with van der Waals surface area (Å²) in [7, 11) is 1.60. The van der Waals surface area contributed by atoms with Crippen molar-refractivity contribution >= 4 is 28.1 Å². The van der Waals surface area contributed by atoms with Gasteiger partial charge in [-0.05, 0) is 67.1 Å². The van der Waals surface area contributed by atoms with E-state index in [1.807, 2.05) is 43.5 Å². The van der Waals surface area contributed by atoms with Crippen LogP contribution in [0, 0.1) is 20.8 Å². The summed E-state index contributed by atoms with van der Waals surface area (Å²) in [5.41, 5.74) is 4.00. The molecule has 4 rings (SSSR count). The second-order valence-electron chi connectivity index (χ2n) is 6.84. The van der Waals surface area contributed by atoms with Gasteiger partial charge in [-0.15, -0.1) is 11.3 Å². The number of carbonyl (C=O) groups excluding carboxylic acids is 1. The SMILES string of the molecule is COc1cc(C(=O)c2c(-c3cccs3)oc3c(O)c(C)ccc23)cc(C)c1C. The normalized spacial score (nSPS) is 11.1. The average Bonchev–Trinajstić information content (AvgIpc) is 3.34. The number of methoxy groups -OCH3 is 1. The van der Waals surface area contributed by atoms with E-state index in [4.69, 9.17) is 9.15 Å². The third-order valence-corrected chi connectivity index (χ3v) is 5.98. The molecule has 1 N–H and O–H groups in total. The molecule has 142 valence electrons. The number of aromatic hydroxyl groups is 1. The van der Waals surface area contributed by atoms with E-state index in [-0.39, 0.29) is 11.5 Å². The Kier molecular flexibility index (Phi) is 4.47. The summed E-state index contributed by atoms with van der Waals surface area (Å²) in [5.74, 6) is 1.06. The van der Waals surface area contributed by atoms with Gasteiger partial charge in [0, 0.05) is 10.9 Å². The molecule has 0 aliphatic heterocycles. The number of phenolic OH excluding ortho intramolecular Hbond substituents is 1. The van der Waals surface area contributed by atoms with Gasteiger partial charge < -0.3 is 14.3 Å². The fourth-order valence-electron chi connectivity index (χ4n) is 3.37. The Morgan fingerprint density at radius 1 is 1.11 bits per heavy atom. The zero-order valence-electron chi connectivity index (χ0n) is 16.1. The molecule has 0 fully saturated rings. The van der Waals surface area contributed by atoms with Gasteiger partial charge in [0.25, 0.3) is 0 Å². The predicted octanol–water partition coefficient (Wildman–Crippen LogP) is 6.03. The van der Waals surface area contributed by atoms with Gasteiger partial charge in [-0.3, -0.25) is 4.79 Å². The molecule has 0 unspecified atom stereocenters. The number of furan rings is 1. The van der Waals surface area contributed by atoms with Crippen LogP contribution < -0.4 is 4.74 Å². The minimum absolute atomic E-state index is 0.0621. The van der Waals surface area contributed by atoms with Crippen molar-refractivity contribution in [3.63, 3.8) is 0 Å². The summed E-state index contributed by atoms with van der Waals surface area (Å²) in [4.78, 5) is 14.4. The Morgan fingerprint density at radius 2 is 1.89 bits per heavy atom. The molecular weight excluding hydrogens is 372 g/mol. The van der Waals surface area contributed by atoms with E-state index >= 15 is 0 Å². The third kappa shape index (κ3) is 2.79. The first-order chi connectivity index (χ1) is 13.4. The first-order valence-electron chi connectivity index (χ1n) is 8.91. The van der Waals surface area contributed by atoms with Gasteiger partial charge in [0.1, 0.15) is 5.75 Å². The lowest BCUT2D eigenvalue weighted by Gasteiger charge is -2.11. The molecule has 0 aliphatic rings. The molecule has 2 aromatic heterocycles. The number of benzene rings is 2. The second-order valence-corrected chi connectivity index (χ2v) is 7.79. The van der Waals surface area contributed by atoms with Crippen LogP contribution in [0.2, 0.25) is 0 Å². The van der Waals surface area contributed by atoms with E-state index in [0.29, 0.717) is 39.2 Å². The molecule has 5 heteroatoms. The minimum atomic E-state index is -0.160. The number of rotatable bonds is 4. The standard InChI is InChI=1S/C23H20O4S/c1-12-7-8-16-19(21(25)15-10-13(2)14(3)17(11-15)26-4)23(18-6-5-9-28-18)27-22(16)20(12)24/h5-11,24H,1-4H3. The van der Waals surface area contributed by atoms with Gasteiger partial charge in [0.05, 0.1) is 17.6 Å². The van der Waals surface area contributed by atoms with Crippen molar-refractivity contribution in [3.8, 4) is 22.1 Å². The van der Waals surface area contributed by atoms with Crippen LogP contribution in [0.15, 0.2) is 46.2 Å². The fourth-order valence-corrected chi connectivity index (χ4v) is 4.08. The van der Waals surface area contributed by atoms with Crippen molar-refractivity contribution < 1.29 is 19.1 Å². The summed E-state index contributed by atoms with van der Waals surface area (Å²) in [5, 5.41) is 13.0. The lowest BCUT2D eigenvalue weighted by atomic mass is 9.96. The quantitative estimate of drug-likeness (QED) is 0.431. The Hall–Kier alpha value is -3.05. The largest absolute Gasteiger partial charge is 0.504 e. The van der Waals surface area contributed by atoms with Crippen LogP contribution in [-0.2, 0) is 0 Å². The Labute approximate surface area is 167 Å². The molecule has 2 aromatic carbocycles. The number of phenols is 1. The van der Waals surface area contributed by atoms with Crippen molar-refractivity contribution in [1.29, 1.82) is 0 Å². The molecule has 0 spiro atoms. The van der Waals surface area contributed by atoms with Gasteiger partial charge in [-0.25, -0.2) is 0 Å². The number of ketones is 1. The first-order valence-corrected chi connectivity index (χ1v) is 9.79. The van der Waals surface area contributed by atoms with Crippen molar-refractivity contribution in [1.82, 2.24) is 0 Å². The van der Waals surface area contributed by atoms with Gasteiger partial charge in [-0.2, -0.15) is 0 Å². The maximum absolute atomic E-state index is 13.6. The molecule has 0 saturated carbocycles. The van der Waals surface area contributed by atoms with Crippen molar-refractivity contribution in [2.24, 2.45) is 0 Å². The van der Waals surface area contributed by atoms with Gasteiger partial charge in [0.15, 0.2) is 22.9 Å². The number of thiophene rings is 1. The molecule has 0 saturated heterocycles. The number of hydrogen-bond donors (Lipinski definition) is 1. The highest BCUT2D eigenvalue weighted by Gasteiger charge is 2.26. The average molecular weight is 392 g/mol. The molecule has 0 radical (unpaired) electrons. The summed E-state index contributed by atoms with van der Waals surface area (Å²) in [6.07, 6.45) is 0. The lowest BCUT2D eigenvalue weighted by Crippen LogP contribution is -2.04. The second kappa shape index (κ2) is 6.84. The molecule has 4 aromatic rings. The first kappa shape index (κ1) is 18.3. The predicted molar refractivity (Wildman–Crippen MR) is 112 cm³/mol. The van der Waals surface area contributed by atoms with Gasteiger partial charge >= 0.3 is 0 Å². The molecule has 0 bridgehead atoms. The molecule has 0 aliphatic carbocycles. The molecule has 4 nitrogen and oxygen atoms in total. The third-order valence-electron chi connectivity index (χ3n) is 5.11. The Bertz CT molecular complexity index is 1200. The zero-order chi connectivity index (χ0) is 20.0. The highest BCUT2D eigenvalue weighted by molar-refractivity contribution is 7.13. The van der Waals surface area contributed by atoms with E-state index in [0.717, 1.165) is 16.0 Å². The van der Waals surface area contributed by atoms with Crippen LogP contribution in [0.5, 0.6) is 11.5 Å². The number of hydrogen-bond acceptors (Lipinski definition) is 5. The van der Waals surface area contributed by atoms with E-state index in [2.05, 4.69) is 0 Å². The lowest BCUT2D eigenvalue weighted by molar-refractivity contribution is 0.104. The van der Waals surface area contributed by atoms with E-state index in [1.54, 1.807) is 26.2 Å². The number of carbonyl (C=O) groups is 1. The Balaban J connectivity index is 2.00. The van der Waals surface area contributed by atoms with Crippen LogP contribution >= 0.6 is 11.3 Å². The van der Waals surface area contributed by atoms with Crippen molar-refractivity contribution in [2.45, 2.75) is 20.8 Å². The summed E-state index contributed by atoms with van der Waals surface area (Å²) in [6, 6.07) is 11.1. The molecule has 2 heterocycles. The van der Waals surface area contributed by atoms with Gasteiger partial charge in [-0.1, -0.05) is 12.1 Å². The summed E-state index contributed by atoms with van der Waals surface area (Å²) in [6.45, 7) is 5.73. The smallest absolute Gasteiger partial charge is 0.197 e. The van der Waals surface area contributed by atoms with Crippen LogP contribution in [-0.4, -0.2) is 18.0 Å². The topological polar surface area (TPSA) is 59.7 Å². The highest BCUT2D eigenvalue weighted by Crippen LogP contribution is 2.41. The number of ether oxygens (including phenoxy) is 1. The van der Waals surface area contributed by atoms with Crippen molar-refractivity contribution in [2.75, 3.05) is 7.11 Å². The van der Waals surface area contributed by atoms with Crippen LogP contribution in [0.1, 0.15) is 32.6 Å². The minimum Gasteiger partial charge on any atom is -0.504 e. The fraction of sp³-hybridized carbons (Fsp3) is 0.174. The maximum atomic E-state index is 13.6. The molecular formula is C23H20O4S. The number of aryl methyl sites for hydroxylation is 2. The summed E-state index contributed by atoms with van der Waals surface area (Å²) < 4.78 is 11.5. The van der Waals surface area contributed by atoms with Crippen LogP contribution in [0.4, 0.5) is 0 Å². The molecule has 0 amide bonds. The zero-order valence-corrected chi connectivity index (χ0v) is 16.9. The van der Waals surface area contributed by atoms with Crippen LogP contribution in [0.3, 0.4) is 0 Å². The molecule has 0 atom stereocenters. The highest BCUT2D eigenvalue weighted by atomic mass is 32.1. The van der Waals surface area contributed by atoms with Crippen molar-refractivity contribution in [3.05, 3.63) is 69.6 Å². The van der Waals surface area contributed by atoms with Gasteiger partial charge in [0.2, 0.25) is 0 Å². The van der Waals surface area contributed by atoms with E-state index in [1.165, 1.54) is 11.3 Å². The Morgan fingerprint density at radius 3 is 2.57 bits per heavy atom. The maximum Gasteiger partial charge on any atom is 0.197 e. The van der Waals surface area contributed by atoms with E-state index in [9.17, 15) is 9.90 Å². The summed E-state index contributed by atoms with van der Waals surface area (Å²) >= 11 is 1.49. The van der Waals surface area contributed by atoms with E-state index < -0.39 is 0 Å². The molecule has 28 heavy (non-hydrogen) atoms. The monoisotopic (exact) mass is 392 g/mol. The number of fused-ring (bicyclic) bond motifs is 1.